The summed E-state index contributed by atoms with van der Waals surface area (Å²) in [6.45, 7) is 9.78. The molecule has 0 bridgehead atoms. The predicted molar refractivity (Wildman–Crippen MR) is 118 cm³/mol. The van der Waals surface area contributed by atoms with E-state index in [1.807, 2.05) is 20.8 Å². The van der Waals surface area contributed by atoms with E-state index in [4.69, 9.17) is 18.7 Å². The van der Waals surface area contributed by atoms with Crippen molar-refractivity contribution in [2.24, 2.45) is 0 Å². The zero-order valence-corrected chi connectivity index (χ0v) is 19.1. The molecule has 1 aliphatic rings. The fourth-order valence-corrected chi connectivity index (χ4v) is 3.64. The highest BCUT2D eigenvalue weighted by atomic mass is 16.5. The van der Waals surface area contributed by atoms with Crippen molar-refractivity contribution in [3.63, 3.8) is 0 Å². The molecule has 32 heavy (non-hydrogen) atoms. The van der Waals surface area contributed by atoms with E-state index in [0.717, 1.165) is 0 Å². The second-order valence-corrected chi connectivity index (χ2v) is 7.46. The topological polar surface area (TPSA) is 103 Å². The quantitative estimate of drug-likeness (QED) is 0.632. The van der Waals surface area contributed by atoms with Crippen molar-refractivity contribution in [1.82, 2.24) is 15.4 Å². The van der Waals surface area contributed by atoms with E-state index < -0.39 is 0 Å². The number of likely N-dealkylation sites (tertiary alicyclic amines) is 1. The fourth-order valence-electron chi connectivity index (χ4n) is 3.64. The normalized spacial score (nSPS) is 14.2. The Morgan fingerprint density at radius 3 is 2.12 bits per heavy atom. The van der Waals surface area contributed by atoms with Crippen LogP contribution >= 0.6 is 0 Å². The summed E-state index contributed by atoms with van der Waals surface area (Å²) in [5.41, 5.74) is 0.753. The number of piperidine rings is 1. The molecule has 0 aliphatic carbocycles. The lowest BCUT2D eigenvalue weighted by Crippen LogP contribution is -2.46. The van der Waals surface area contributed by atoms with E-state index in [2.05, 4.69) is 10.5 Å². The zero-order valence-electron chi connectivity index (χ0n) is 19.1. The Kier molecular flexibility index (Phi) is 7.97. The van der Waals surface area contributed by atoms with Gasteiger partial charge in [0.1, 0.15) is 5.76 Å². The lowest BCUT2D eigenvalue weighted by molar-refractivity contribution is 0.0688. The minimum atomic E-state index is -0.216. The van der Waals surface area contributed by atoms with Crippen LogP contribution in [0.5, 0.6) is 17.2 Å². The first kappa shape index (κ1) is 23.4. The van der Waals surface area contributed by atoms with Crippen LogP contribution in [-0.4, -0.2) is 60.8 Å². The molecule has 1 saturated heterocycles. The van der Waals surface area contributed by atoms with Crippen LogP contribution in [0.4, 0.5) is 0 Å². The lowest BCUT2D eigenvalue weighted by atomic mass is 10.0. The Bertz CT molecular complexity index is 907. The summed E-state index contributed by atoms with van der Waals surface area (Å²) in [7, 11) is 0. The Hall–Kier alpha value is -3.23. The van der Waals surface area contributed by atoms with E-state index >= 15 is 0 Å². The average Bonchev–Trinajstić information content (AvgIpc) is 3.22. The predicted octanol–water partition coefficient (Wildman–Crippen LogP) is 3.21. The summed E-state index contributed by atoms with van der Waals surface area (Å²) in [4.78, 5) is 27.2. The highest BCUT2D eigenvalue weighted by Gasteiger charge is 2.27. The van der Waals surface area contributed by atoms with Crippen LogP contribution in [0.3, 0.4) is 0 Å². The molecule has 3 rings (SSSR count). The van der Waals surface area contributed by atoms with Crippen molar-refractivity contribution >= 4 is 11.8 Å². The molecule has 2 aromatic rings. The lowest BCUT2D eigenvalue weighted by Gasteiger charge is -2.32. The molecule has 1 aliphatic heterocycles. The highest BCUT2D eigenvalue weighted by molar-refractivity contribution is 5.96. The third-order valence-corrected chi connectivity index (χ3v) is 5.14. The van der Waals surface area contributed by atoms with Crippen molar-refractivity contribution in [3.05, 3.63) is 35.2 Å². The first-order valence-corrected chi connectivity index (χ1v) is 11.1. The standard InChI is InChI=1S/C23H31N3O6/c1-5-29-19-13-16(14-20(30-6-2)21(19)31-7-3)22(27)24-17-8-10-26(11-9-17)23(28)18-12-15(4)32-25-18/h12-14,17H,5-11H2,1-4H3,(H,24,27). The molecule has 2 heterocycles. The Morgan fingerprint density at radius 2 is 1.62 bits per heavy atom. The van der Waals surface area contributed by atoms with Gasteiger partial charge < -0.3 is 29.0 Å². The molecule has 0 atom stereocenters. The molecule has 1 aromatic carbocycles. The summed E-state index contributed by atoms with van der Waals surface area (Å²) in [6.07, 6.45) is 1.31. The number of amides is 2. The molecule has 174 valence electrons. The van der Waals surface area contributed by atoms with Crippen molar-refractivity contribution in [3.8, 4) is 17.2 Å². The Labute approximate surface area is 188 Å². The van der Waals surface area contributed by atoms with E-state index in [1.54, 1.807) is 30.0 Å². The van der Waals surface area contributed by atoms with Gasteiger partial charge >= 0.3 is 0 Å². The molecule has 0 radical (unpaired) electrons. The van der Waals surface area contributed by atoms with Gasteiger partial charge in [0, 0.05) is 30.8 Å². The summed E-state index contributed by atoms with van der Waals surface area (Å²) in [6, 6.07) is 4.95. The molecular weight excluding hydrogens is 414 g/mol. The average molecular weight is 446 g/mol. The third kappa shape index (κ3) is 5.52. The maximum atomic E-state index is 13.0. The number of hydrogen-bond acceptors (Lipinski definition) is 7. The first-order valence-electron chi connectivity index (χ1n) is 11.1. The van der Waals surface area contributed by atoms with Gasteiger partial charge in [-0.05, 0) is 52.7 Å². The molecule has 9 heteroatoms. The van der Waals surface area contributed by atoms with Gasteiger partial charge in [-0.1, -0.05) is 5.16 Å². The monoisotopic (exact) mass is 445 g/mol. The SMILES string of the molecule is CCOc1cc(C(=O)NC2CCN(C(=O)c3cc(C)on3)CC2)cc(OCC)c1OCC. The minimum absolute atomic E-state index is 0.0387. The summed E-state index contributed by atoms with van der Waals surface area (Å²) >= 11 is 0. The van der Waals surface area contributed by atoms with E-state index in [-0.39, 0.29) is 17.9 Å². The van der Waals surface area contributed by atoms with Crippen LogP contribution in [0, 0.1) is 6.92 Å². The third-order valence-electron chi connectivity index (χ3n) is 5.14. The van der Waals surface area contributed by atoms with Crippen LogP contribution in [0.25, 0.3) is 0 Å². The summed E-state index contributed by atoms with van der Waals surface area (Å²) in [5.74, 6) is 1.70. The van der Waals surface area contributed by atoms with Crippen LogP contribution < -0.4 is 19.5 Å². The van der Waals surface area contributed by atoms with Crippen molar-refractivity contribution in [2.45, 2.75) is 46.6 Å². The number of benzene rings is 1. The van der Waals surface area contributed by atoms with E-state index in [9.17, 15) is 9.59 Å². The van der Waals surface area contributed by atoms with Gasteiger partial charge in [-0.3, -0.25) is 9.59 Å². The largest absolute Gasteiger partial charge is 0.490 e. The second-order valence-electron chi connectivity index (χ2n) is 7.46. The van der Waals surface area contributed by atoms with Gasteiger partial charge in [-0.15, -0.1) is 0 Å². The number of nitrogens with one attached hydrogen (secondary N) is 1. The van der Waals surface area contributed by atoms with Crippen LogP contribution in [0.15, 0.2) is 22.7 Å². The molecule has 0 saturated carbocycles. The molecule has 0 spiro atoms. The molecular formula is C23H31N3O6. The van der Waals surface area contributed by atoms with Crippen molar-refractivity contribution in [2.75, 3.05) is 32.9 Å². The van der Waals surface area contributed by atoms with Gasteiger partial charge in [0.15, 0.2) is 17.2 Å². The van der Waals surface area contributed by atoms with Gasteiger partial charge in [0.05, 0.1) is 19.8 Å². The molecule has 9 nitrogen and oxygen atoms in total. The van der Waals surface area contributed by atoms with Gasteiger partial charge in [0.2, 0.25) is 5.75 Å². The number of nitrogens with zero attached hydrogens (tertiary/aromatic N) is 2. The Balaban J connectivity index is 1.66. The van der Waals surface area contributed by atoms with Crippen molar-refractivity contribution < 1.29 is 28.3 Å². The number of hydrogen-bond donors (Lipinski definition) is 1. The number of carbonyl (C=O) groups excluding carboxylic acids is 2. The number of ether oxygens (including phenoxy) is 3. The van der Waals surface area contributed by atoms with Crippen LogP contribution in [0.1, 0.15) is 60.2 Å². The highest BCUT2D eigenvalue weighted by Crippen LogP contribution is 2.39. The van der Waals surface area contributed by atoms with Gasteiger partial charge in [-0.2, -0.15) is 0 Å². The fraction of sp³-hybridized carbons (Fsp3) is 0.522. The molecule has 1 aromatic heterocycles. The minimum Gasteiger partial charge on any atom is -0.490 e. The number of aromatic nitrogens is 1. The number of rotatable bonds is 9. The number of aryl methyl sites for hydroxylation is 1. The van der Waals surface area contributed by atoms with Gasteiger partial charge in [0.25, 0.3) is 11.8 Å². The zero-order chi connectivity index (χ0) is 23.1. The Morgan fingerprint density at radius 1 is 1.03 bits per heavy atom. The summed E-state index contributed by atoms with van der Waals surface area (Å²) < 4.78 is 22.1. The van der Waals surface area contributed by atoms with E-state index in [0.29, 0.717) is 80.0 Å². The maximum Gasteiger partial charge on any atom is 0.276 e. The summed E-state index contributed by atoms with van der Waals surface area (Å²) in [5, 5.41) is 6.86. The smallest absolute Gasteiger partial charge is 0.276 e. The maximum absolute atomic E-state index is 13.0. The second kappa shape index (κ2) is 10.9. The molecule has 0 unspecified atom stereocenters. The first-order chi connectivity index (χ1) is 15.5. The van der Waals surface area contributed by atoms with Crippen LogP contribution in [0.2, 0.25) is 0 Å². The van der Waals surface area contributed by atoms with Crippen LogP contribution in [-0.2, 0) is 0 Å². The van der Waals surface area contributed by atoms with Gasteiger partial charge in [-0.25, -0.2) is 0 Å². The van der Waals surface area contributed by atoms with Crippen molar-refractivity contribution in [1.29, 1.82) is 0 Å². The molecule has 1 fully saturated rings. The number of carbonyl (C=O) groups is 2. The molecule has 2 amide bonds. The van der Waals surface area contributed by atoms with E-state index in [1.165, 1.54) is 0 Å². The molecule has 1 N–H and O–H groups in total.